The van der Waals surface area contributed by atoms with Crippen molar-refractivity contribution >= 4 is 5.91 Å². The Morgan fingerprint density at radius 1 is 1.40 bits per heavy atom. The monoisotopic (exact) mass is 279 g/mol. The van der Waals surface area contributed by atoms with E-state index in [1.54, 1.807) is 13.0 Å². The van der Waals surface area contributed by atoms with Gasteiger partial charge in [0, 0.05) is 6.04 Å². The third-order valence-corrected chi connectivity index (χ3v) is 3.17. The van der Waals surface area contributed by atoms with Crippen LogP contribution >= 0.6 is 0 Å². The normalized spacial score (nSPS) is 13.7. The summed E-state index contributed by atoms with van der Waals surface area (Å²) in [5, 5.41) is 12.4. The predicted octanol–water partition coefficient (Wildman–Crippen LogP) is 2.73. The fourth-order valence-electron chi connectivity index (χ4n) is 2.06. The SMILES string of the molecule is CCCC(C)NC(=O)COc1ccc([C@H](C)O)cc1C. The Morgan fingerprint density at radius 3 is 2.65 bits per heavy atom. The van der Waals surface area contributed by atoms with E-state index in [1.807, 2.05) is 26.0 Å². The lowest BCUT2D eigenvalue weighted by atomic mass is 10.1. The zero-order chi connectivity index (χ0) is 15.1. The van der Waals surface area contributed by atoms with Crippen LogP contribution in [0, 0.1) is 6.92 Å². The van der Waals surface area contributed by atoms with Crippen LogP contribution in [-0.2, 0) is 4.79 Å². The standard InChI is InChI=1S/C16H25NO3/c1-5-6-12(3)17-16(19)10-20-15-8-7-14(13(4)18)9-11(15)2/h7-9,12-13,18H,5-6,10H2,1-4H3,(H,17,19)/t12?,13-/m0/s1. The largest absolute Gasteiger partial charge is 0.484 e. The van der Waals surface area contributed by atoms with Crippen LogP contribution in [0.2, 0.25) is 0 Å². The molecule has 0 spiro atoms. The van der Waals surface area contributed by atoms with Gasteiger partial charge >= 0.3 is 0 Å². The summed E-state index contributed by atoms with van der Waals surface area (Å²) in [7, 11) is 0. The van der Waals surface area contributed by atoms with E-state index in [1.165, 1.54) is 0 Å². The molecular formula is C16H25NO3. The van der Waals surface area contributed by atoms with Gasteiger partial charge in [-0.2, -0.15) is 0 Å². The fraction of sp³-hybridized carbons (Fsp3) is 0.562. The maximum Gasteiger partial charge on any atom is 0.258 e. The van der Waals surface area contributed by atoms with Crippen molar-refractivity contribution in [1.29, 1.82) is 0 Å². The van der Waals surface area contributed by atoms with E-state index in [0.717, 1.165) is 24.0 Å². The quantitative estimate of drug-likeness (QED) is 0.807. The Morgan fingerprint density at radius 2 is 2.10 bits per heavy atom. The summed E-state index contributed by atoms with van der Waals surface area (Å²) in [5.41, 5.74) is 1.76. The molecule has 0 radical (unpaired) electrons. The zero-order valence-corrected chi connectivity index (χ0v) is 12.8. The van der Waals surface area contributed by atoms with Crippen molar-refractivity contribution in [2.45, 2.75) is 52.7 Å². The smallest absolute Gasteiger partial charge is 0.258 e. The van der Waals surface area contributed by atoms with E-state index in [2.05, 4.69) is 12.2 Å². The van der Waals surface area contributed by atoms with Gasteiger partial charge in [0.1, 0.15) is 5.75 Å². The Kier molecular flexibility index (Phi) is 6.52. The number of nitrogens with one attached hydrogen (secondary N) is 1. The van der Waals surface area contributed by atoms with Gasteiger partial charge in [0.05, 0.1) is 6.10 Å². The van der Waals surface area contributed by atoms with E-state index in [0.29, 0.717) is 5.75 Å². The van der Waals surface area contributed by atoms with Gasteiger partial charge < -0.3 is 15.2 Å². The van der Waals surface area contributed by atoms with E-state index >= 15 is 0 Å². The zero-order valence-electron chi connectivity index (χ0n) is 12.8. The molecule has 0 aliphatic heterocycles. The van der Waals surface area contributed by atoms with E-state index in [-0.39, 0.29) is 18.6 Å². The minimum atomic E-state index is -0.499. The Balaban J connectivity index is 2.51. The molecule has 0 aromatic heterocycles. The molecule has 0 aliphatic carbocycles. The summed E-state index contributed by atoms with van der Waals surface area (Å²) in [6.45, 7) is 7.72. The minimum Gasteiger partial charge on any atom is -0.484 e. The number of amides is 1. The number of carbonyl (C=O) groups is 1. The van der Waals surface area contributed by atoms with Gasteiger partial charge in [-0.3, -0.25) is 4.79 Å². The lowest BCUT2D eigenvalue weighted by Gasteiger charge is -2.14. The van der Waals surface area contributed by atoms with Gasteiger partial charge in [-0.05, 0) is 50.5 Å². The first-order valence-corrected chi connectivity index (χ1v) is 7.14. The van der Waals surface area contributed by atoms with Gasteiger partial charge in [0.2, 0.25) is 0 Å². The number of hydrogen-bond donors (Lipinski definition) is 2. The van der Waals surface area contributed by atoms with Crippen molar-refractivity contribution in [2.75, 3.05) is 6.61 Å². The summed E-state index contributed by atoms with van der Waals surface area (Å²) in [4.78, 5) is 11.7. The van der Waals surface area contributed by atoms with Crippen LogP contribution in [0.4, 0.5) is 0 Å². The number of ether oxygens (including phenoxy) is 1. The molecule has 1 aromatic carbocycles. The van der Waals surface area contributed by atoms with Crippen LogP contribution in [0.5, 0.6) is 5.75 Å². The lowest BCUT2D eigenvalue weighted by Crippen LogP contribution is -2.36. The highest BCUT2D eigenvalue weighted by Crippen LogP contribution is 2.22. The summed E-state index contributed by atoms with van der Waals surface area (Å²) in [6.07, 6.45) is 1.51. The Bertz CT molecular complexity index is 443. The molecule has 2 atom stereocenters. The molecule has 0 saturated carbocycles. The number of rotatable bonds is 7. The average molecular weight is 279 g/mol. The van der Waals surface area contributed by atoms with E-state index in [9.17, 15) is 9.90 Å². The van der Waals surface area contributed by atoms with Gasteiger partial charge in [0.25, 0.3) is 5.91 Å². The first-order chi connectivity index (χ1) is 9.43. The number of aliphatic hydroxyl groups excluding tert-OH is 1. The second kappa shape index (κ2) is 7.90. The van der Waals surface area contributed by atoms with Gasteiger partial charge in [-0.15, -0.1) is 0 Å². The predicted molar refractivity (Wildman–Crippen MR) is 79.8 cm³/mol. The Labute approximate surface area is 121 Å². The fourth-order valence-corrected chi connectivity index (χ4v) is 2.06. The third kappa shape index (κ3) is 5.21. The topological polar surface area (TPSA) is 58.6 Å². The van der Waals surface area contributed by atoms with Crippen LogP contribution in [0.15, 0.2) is 18.2 Å². The molecule has 4 heteroatoms. The molecule has 0 fully saturated rings. The Hall–Kier alpha value is -1.55. The molecule has 4 nitrogen and oxygen atoms in total. The second-order valence-corrected chi connectivity index (χ2v) is 5.25. The first kappa shape index (κ1) is 16.5. The molecule has 1 aromatic rings. The van der Waals surface area contributed by atoms with Crippen LogP contribution in [0.1, 0.15) is 50.8 Å². The van der Waals surface area contributed by atoms with Gasteiger partial charge in [0.15, 0.2) is 6.61 Å². The average Bonchev–Trinajstić information content (AvgIpc) is 2.37. The third-order valence-electron chi connectivity index (χ3n) is 3.17. The van der Waals surface area contributed by atoms with Crippen molar-refractivity contribution in [3.63, 3.8) is 0 Å². The molecule has 0 heterocycles. The number of benzene rings is 1. The molecule has 0 aliphatic rings. The molecule has 1 unspecified atom stereocenters. The number of aryl methyl sites for hydroxylation is 1. The van der Waals surface area contributed by atoms with Crippen molar-refractivity contribution in [2.24, 2.45) is 0 Å². The summed E-state index contributed by atoms with van der Waals surface area (Å²) in [5.74, 6) is 0.567. The maximum atomic E-state index is 11.7. The number of hydrogen-bond acceptors (Lipinski definition) is 3. The van der Waals surface area contributed by atoms with Crippen molar-refractivity contribution in [3.8, 4) is 5.75 Å². The van der Waals surface area contributed by atoms with Crippen molar-refractivity contribution in [3.05, 3.63) is 29.3 Å². The highest BCUT2D eigenvalue weighted by atomic mass is 16.5. The van der Waals surface area contributed by atoms with Crippen molar-refractivity contribution in [1.82, 2.24) is 5.32 Å². The van der Waals surface area contributed by atoms with Crippen LogP contribution in [0.25, 0.3) is 0 Å². The lowest BCUT2D eigenvalue weighted by molar-refractivity contribution is -0.123. The van der Waals surface area contributed by atoms with Crippen LogP contribution in [-0.4, -0.2) is 23.7 Å². The van der Waals surface area contributed by atoms with Gasteiger partial charge in [-0.1, -0.05) is 19.4 Å². The highest BCUT2D eigenvalue weighted by Gasteiger charge is 2.09. The first-order valence-electron chi connectivity index (χ1n) is 7.14. The van der Waals surface area contributed by atoms with E-state index in [4.69, 9.17) is 4.74 Å². The van der Waals surface area contributed by atoms with Gasteiger partial charge in [-0.25, -0.2) is 0 Å². The molecule has 2 N–H and O–H groups in total. The molecular weight excluding hydrogens is 254 g/mol. The van der Waals surface area contributed by atoms with Crippen LogP contribution < -0.4 is 10.1 Å². The summed E-state index contributed by atoms with van der Waals surface area (Å²) >= 11 is 0. The molecule has 1 amide bonds. The molecule has 0 saturated heterocycles. The van der Waals surface area contributed by atoms with Crippen molar-refractivity contribution < 1.29 is 14.6 Å². The summed E-state index contributed by atoms with van der Waals surface area (Å²) < 4.78 is 5.52. The number of carbonyl (C=O) groups excluding carboxylic acids is 1. The molecule has 0 bridgehead atoms. The molecule has 20 heavy (non-hydrogen) atoms. The van der Waals surface area contributed by atoms with Crippen LogP contribution in [0.3, 0.4) is 0 Å². The maximum absolute atomic E-state index is 11.7. The number of aliphatic hydroxyl groups is 1. The second-order valence-electron chi connectivity index (χ2n) is 5.25. The molecule has 112 valence electrons. The minimum absolute atomic E-state index is 0.0168. The highest BCUT2D eigenvalue weighted by molar-refractivity contribution is 5.77. The molecule has 1 rings (SSSR count). The summed E-state index contributed by atoms with van der Waals surface area (Å²) in [6, 6.07) is 5.65. The van der Waals surface area contributed by atoms with E-state index < -0.39 is 6.10 Å².